The Morgan fingerprint density at radius 3 is 2.50 bits per heavy atom. The molecule has 1 aromatic carbocycles. The highest BCUT2D eigenvalue weighted by atomic mass is 19.3. The highest BCUT2D eigenvalue weighted by Gasteiger charge is 2.22. The number of rotatable bonds is 6. The monoisotopic (exact) mass is 318 g/mol. The van der Waals surface area contributed by atoms with Crippen molar-refractivity contribution in [3.8, 4) is 0 Å². The third-order valence-electron chi connectivity index (χ3n) is 4.19. The molecule has 1 heterocycles. The van der Waals surface area contributed by atoms with Crippen molar-refractivity contribution in [2.75, 3.05) is 26.2 Å². The van der Waals surface area contributed by atoms with Gasteiger partial charge >= 0.3 is 0 Å². The topological polar surface area (TPSA) is 15.3 Å². The van der Waals surface area contributed by atoms with Crippen molar-refractivity contribution < 1.29 is 17.6 Å². The van der Waals surface area contributed by atoms with Crippen LogP contribution in [0.25, 0.3) is 0 Å². The molecule has 1 aliphatic rings. The molecule has 2 rings (SSSR count). The standard InChI is InChI=1S/C16H22F4N2/c1-11(14-3-2-12(17)8-15(14)18)9-21-13-4-6-22(7-5-13)10-16(19)20/h2-3,8,11,13,16,21H,4-7,9-10H2,1H3/t11-/m0/s1. The van der Waals surface area contributed by atoms with Crippen molar-refractivity contribution in [2.24, 2.45) is 0 Å². The van der Waals surface area contributed by atoms with E-state index in [1.165, 1.54) is 12.1 Å². The van der Waals surface area contributed by atoms with Crippen molar-refractivity contribution in [2.45, 2.75) is 38.2 Å². The second-order valence-corrected chi connectivity index (χ2v) is 5.94. The van der Waals surface area contributed by atoms with E-state index in [0.717, 1.165) is 18.9 Å². The molecule has 0 amide bonds. The van der Waals surface area contributed by atoms with Gasteiger partial charge in [0.1, 0.15) is 11.6 Å². The van der Waals surface area contributed by atoms with E-state index in [2.05, 4.69) is 5.32 Å². The van der Waals surface area contributed by atoms with Gasteiger partial charge in [-0.1, -0.05) is 13.0 Å². The van der Waals surface area contributed by atoms with Crippen LogP contribution in [0.5, 0.6) is 0 Å². The fourth-order valence-electron chi connectivity index (χ4n) is 2.87. The molecule has 0 aliphatic carbocycles. The summed E-state index contributed by atoms with van der Waals surface area (Å²) in [4.78, 5) is 1.77. The molecule has 0 radical (unpaired) electrons. The molecule has 1 aromatic rings. The highest BCUT2D eigenvalue weighted by molar-refractivity contribution is 5.22. The minimum atomic E-state index is -2.29. The zero-order chi connectivity index (χ0) is 16.1. The summed E-state index contributed by atoms with van der Waals surface area (Å²) < 4.78 is 51.2. The van der Waals surface area contributed by atoms with Gasteiger partial charge in [-0.15, -0.1) is 0 Å². The normalized spacial score (nSPS) is 18.8. The molecule has 0 spiro atoms. The zero-order valence-corrected chi connectivity index (χ0v) is 12.7. The summed E-state index contributed by atoms with van der Waals surface area (Å²) in [5.74, 6) is -1.17. The molecule has 0 aromatic heterocycles. The van der Waals surface area contributed by atoms with E-state index in [4.69, 9.17) is 0 Å². The molecule has 124 valence electrons. The smallest absolute Gasteiger partial charge is 0.251 e. The molecular formula is C16H22F4N2. The van der Waals surface area contributed by atoms with Crippen molar-refractivity contribution >= 4 is 0 Å². The summed E-state index contributed by atoms with van der Waals surface area (Å²) in [5, 5.41) is 3.36. The Labute approximate surface area is 128 Å². The number of nitrogens with zero attached hydrogens (tertiary/aromatic N) is 1. The van der Waals surface area contributed by atoms with E-state index >= 15 is 0 Å². The number of nitrogens with one attached hydrogen (secondary N) is 1. The Bertz CT molecular complexity index is 473. The van der Waals surface area contributed by atoms with E-state index in [-0.39, 0.29) is 18.5 Å². The average Bonchev–Trinajstić information content (AvgIpc) is 2.45. The lowest BCUT2D eigenvalue weighted by molar-refractivity contribution is 0.0730. The number of piperidine rings is 1. The van der Waals surface area contributed by atoms with Crippen molar-refractivity contribution in [1.82, 2.24) is 10.2 Å². The maximum atomic E-state index is 13.7. The molecule has 0 unspecified atom stereocenters. The minimum Gasteiger partial charge on any atom is -0.313 e. The maximum Gasteiger partial charge on any atom is 0.251 e. The third-order valence-corrected chi connectivity index (χ3v) is 4.19. The molecule has 6 heteroatoms. The average molecular weight is 318 g/mol. The lowest BCUT2D eigenvalue weighted by atomic mass is 9.98. The first kappa shape index (κ1) is 17.2. The van der Waals surface area contributed by atoms with Crippen LogP contribution in [0, 0.1) is 11.6 Å². The molecular weight excluding hydrogens is 296 g/mol. The van der Waals surface area contributed by atoms with Gasteiger partial charge in [0.15, 0.2) is 0 Å². The van der Waals surface area contributed by atoms with E-state index in [9.17, 15) is 17.6 Å². The first-order chi connectivity index (χ1) is 10.5. The summed E-state index contributed by atoms with van der Waals surface area (Å²) in [7, 11) is 0. The Morgan fingerprint density at radius 2 is 1.91 bits per heavy atom. The number of halogens is 4. The molecule has 2 nitrogen and oxygen atoms in total. The largest absolute Gasteiger partial charge is 0.313 e. The van der Waals surface area contributed by atoms with Gasteiger partial charge in [0.2, 0.25) is 0 Å². The van der Waals surface area contributed by atoms with Crippen LogP contribution in [0.3, 0.4) is 0 Å². The molecule has 1 aliphatic heterocycles. The second-order valence-electron chi connectivity index (χ2n) is 5.94. The van der Waals surface area contributed by atoms with Crippen LogP contribution < -0.4 is 5.32 Å². The van der Waals surface area contributed by atoms with Crippen LogP contribution in [-0.2, 0) is 0 Å². The Balaban J connectivity index is 1.76. The van der Waals surface area contributed by atoms with Gasteiger partial charge in [-0.25, -0.2) is 17.6 Å². The minimum absolute atomic E-state index is 0.0697. The van der Waals surface area contributed by atoms with Gasteiger partial charge < -0.3 is 5.32 Å². The third kappa shape index (κ3) is 4.95. The van der Waals surface area contributed by atoms with Crippen molar-refractivity contribution in [1.29, 1.82) is 0 Å². The number of hydrogen-bond donors (Lipinski definition) is 1. The summed E-state index contributed by atoms with van der Waals surface area (Å²) in [5.41, 5.74) is 0.490. The lowest BCUT2D eigenvalue weighted by Crippen LogP contribution is -2.44. The molecule has 0 bridgehead atoms. The Hall–Kier alpha value is -1.14. The molecule has 1 fully saturated rings. The van der Waals surface area contributed by atoms with Gasteiger partial charge in [-0.2, -0.15) is 0 Å². The molecule has 22 heavy (non-hydrogen) atoms. The molecule has 1 atom stereocenters. The summed E-state index contributed by atoms with van der Waals surface area (Å²) in [6.45, 7) is 3.61. The van der Waals surface area contributed by atoms with E-state index in [1.807, 2.05) is 6.92 Å². The summed E-state index contributed by atoms with van der Waals surface area (Å²) in [6, 6.07) is 3.90. The summed E-state index contributed by atoms with van der Waals surface area (Å²) in [6.07, 6.45) is -0.664. The van der Waals surface area contributed by atoms with Crippen molar-refractivity contribution in [3.63, 3.8) is 0 Å². The van der Waals surface area contributed by atoms with Gasteiger partial charge in [-0.3, -0.25) is 4.90 Å². The van der Waals surface area contributed by atoms with Gasteiger partial charge in [0.05, 0.1) is 6.54 Å². The van der Waals surface area contributed by atoms with Crippen LogP contribution in [0.2, 0.25) is 0 Å². The van der Waals surface area contributed by atoms with Crippen molar-refractivity contribution in [3.05, 3.63) is 35.4 Å². The zero-order valence-electron chi connectivity index (χ0n) is 12.7. The first-order valence-corrected chi connectivity index (χ1v) is 7.64. The fraction of sp³-hybridized carbons (Fsp3) is 0.625. The molecule has 1 N–H and O–H groups in total. The van der Waals surface area contributed by atoms with Crippen LogP contribution >= 0.6 is 0 Å². The fourth-order valence-corrected chi connectivity index (χ4v) is 2.87. The van der Waals surface area contributed by atoms with Crippen LogP contribution in [0.1, 0.15) is 31.2 Å². The summed E-state index contributed by atoms with van der Waals surface area (Å²) >= 11 is 0. The SMILES string of the molecule is C[C@@H](CNC1CCN(CC(F)F)CC1)c1ccc(F)cc1F. The highest BCUT2D eigenvalue weighted by Crippen LogP contribution is 2.20. The maximum absolute atomic E-state index is 13.7. The lowest BCUT2D eigenvalue weighted by Gasteiger charge is -2.32. The van der Waals surface area contributed by atoms with E-state index in [1.54, 1.807) is 4.90 Å². The number of likely N-dealkylation sites (tertiary alicyclic amines) is 1. The van der Waals surface area contributed by atoms with E-state index < -0.39 is 18.1 Å². The second kappa shape index (κ2) is 7.92. The number of benzene rings is 1. The van der Waals surface area contributed by atoms with Gasteiger partial charge in [0, 0.05) is 18.7 Å². The van der Waals surface area contributed by atoms with Gasteiger partial charge in [-0.05, 0) is 43.5 Å². The predicted octanol–water partition coefficient (Wildman–Crippen LogP) is 3.39. The van der Waals surface area contributed by atoms with Gasteiger partial charge in [0.25, 0.3) is 6.43 Å². The van der Waals surface area contributed by atoms with Crippen LogP contribution in [0.15, 0.2) is 18.2 Å². The first-order valence-electron chi connectivity index (χ1n) is 7.64. The quantitative estimate of drug-likeness (QED) is 0.809. The number of hydrogen-bond acceptors (Lipinski definition) is 2. The predicted molar refractivity (Wildman–Crippen MR) is 78.2 cm³/mol. The molecule has 1 saturated heterocycles. The molecule has 0 saturated carbocycles. The number of alkyl halides is 2. The van der Waals surface area contributed by atoms with Crippen LogP contribution in [0.4, 0.5) is 17.6 Å². The van der Waals surface area contributed by atoms with Crippen LogP contribution in [-0.4, -0.2) is 43.5 Å². The Morgan fingerprint density at radius 1 is 1.23 bits per heavy atom. The Kier molecular flexibility index (Phi) is 6.20. The van der Waals surface area contributed by atoms with E-state index in [0.29, 0.717) is 25.2 Å².